The van der Waals surface area contributed by atoms with Crippen LogP contribution in [0.15, 0.2) is 24.4 Å². The zero-order valence-electron chi connectivity index (χ0n) is 11.3. The van der Waals surface area contributed by atoms with Crippen LogP contribution in [-0.2, 0) is 16.1 Å². The van der Waals surface area contributed by atoms with Gasteiger partial charge in [0.05, 0.1) is 17.7 Å². The molecule has 0 saturated heterocycles. The normalized spacial score (nSPS) is 10.7. The maximum absolute atomic E-state index is 11.5. The molecule has 0 aliphatic carbocycles. The molecular formula is C13H17N3O4. The van der Waals surface area contributed by atoms with E-state index < -0.39 is 23.3 Å². The Morgan fingerprint density at radius 1 is 1.30 bits per heavy atom. The van der Waals surface area contributed by atoms with Crippen molar-refractivity contribution in [3.63, 3.8) is 0 Å². The van der Waals surface area contributed by atoms with E-state index in [1.807, 2.05) is 0 Å². The van der Waals surface area contributed by atoms with E-state index in [1.54, 1.807) is 24.4 Å². The number of carboxylic acids is 1. The van der Waals surface area contributed by atoms with E-state index in [2.05, 4.69) is 15.6 Å². The van der Waals surface area contributed by atoms with Crippen molar-refractivity contribution in [1.29, 1.82) is 0 Å². The van der Waals surface area contributed by atoms with Crippen molar-refractivity contribution in [2.75, 3.05) is 0 Å². The number of carboxylic acid groups (broad SMARTS) is 1. The predicted octanol–water partition coefficient (Wildman–Crippen LogP) is 0.908. The average molecular weight is 279 g/mol. The number of hydrogen-bond acceptors (Lipinski definition) is 4. The first-order valence-corrected chi connectivity index (χ1v) is 6.02. The van der Waals surface area contributed by atoms with Crippen LogP contribution in [0.2, 0.25) is 0 Å². The summed E-state index contributed by atoms with van der Waals surface area (Å²) in [5.41, 5.74) is -0.563. The number of nitrogens with zero attached hydrogens (tertiary/aromatic N) is 1. The van der Waals surface area contributed by atoms with Gasteiger partial charge in [0.25, 0.3) is 0 Å². The third-order valence-electron chi connectivity index (χ3n) is 2.59. The van der Waals surface area contributed by atoms with Crippen LogP contribution >= 0.6 is 0 Å². The van der Waals surface area contributed by atoms with Gasteiger partial charge in [0, 0.05) is 12.6 Å². The summed E-state index contributed by atoms with van der Waals surface area (Å²) < 4.78 is 0. The SMILES string of the molecule is CC(C)(CC(=O)NC(=O)NCc1ccccn1)C(=O)O. The van der Waals surface area contributed by atoms with E-state index in [4.69, 9.17) is 5.11 Å². The van der Waals surface area contributed by atoms with Crippen molar-refractivity contribution in [1.82, 2.24) is 15.6 Å². The number of urea groups is 1. The molecule has 0 fully saturated rings. The van der Waals surface area contributed by atoms with Crippen molar-refractivity contribution in [2.24, 2.45) is 5.41 Å². The molecule has 1 rings (SSSR count). The molecule has 108 valence electrons. The molecule has 0 aromatic carbocycles. The molecule has 0 bridgehead atoms. The van der Waals surface area contributed by atoms with Crippen LogP contribution in [0.25, 0.3) is 0 Å². The molecule has 0 aliphatic rings. The van der Waals surface area contributed by atoms with Crippen molar-refractivity contribution in [3.8, 4) is 0 Å². The Kier molecular flexibility index (Phi) is 5.19. The molecule has 7 heteroatoms. The minimum absolute atomic E-state index is 0.183. The first kappa shape index (κ1) is 15.6. The third-order valence-corrected chi connectivity index (χ3v) is 2.59. The summed E-state index contributed by atoms with van der Waals surface area (Å²) in [7, 11) is 0. The number of aromatic nitrogens is 1. The van der Waals surface area contributed by atoms with Crippen LogP contribution in [0.5, 0.6) is 0 Å². The molecule has 0 atom stereocenters. The summed E-state index contributed by atoms with van der Waals surface area (Å²) in [5, 5.41) is 13.4. The van der Waals surface area contributed by atoms with Gasteiger partial charge in [-0.2, -0.15) is 0 Å². The first-order valence-electron chi connectivity index (χ1n) is 6.02. The molecule has 0 aliphatic heterocycles. The van der Waals surface area contributed by atoms with Gasteiger partial charge in [-0.25, -0.2) is 4.79 Å². The van der Waals surface area contributed by atoms with Gasteiger partial charge in [0.15, 0.2) is 0 Å². The summed E-state index contributed by atoms with van der Waals surface area (Å²) >= 11 is 0. The lowest BCUT2D eigenvalue weighted by Crippen LogP contribution is -2.41. The second kappa shape index (κ2) is 6.65. The van der Waals surface area contributed by atoms with Crippen molar-refractivity contribution < 1.29 is 19.5 Å². The number of carbonyl (C=O) groups excluding carboxylic acids is 2. The monoisotopic (exact) mass is 279 g/mol. The lowest BCUT2D eigenvalue weighted by molar-refractivity contribution is -0.149. The highest BCUT2D eigenvalue weighted by molar-refractivity contribution is 5.96. The molecule has 3 amide bonds. The van der Waals surface area contributed by atoms with E-state index in [9.17, 15) is 14.4 Å². The Bertz CT molecular complexity index is 500. The van der Waals surface area contributed by atoms with E-state index in [0.29, 0.717) is 5.69 Å². The molecule has 20 heavy (non-hydrogen) atoms. The van der Waals surface area contributed by atoms with Gasteiger partial charge in [-0.1, -0.05) is 6.07 Å². The third kappa shape index (κ3) is 5.05. The molecule has 3 N–H and O–H groups in total. The molecule has 0 radical (unpaired) electrons. The number of pyridine rings is 1. The first-order chi connectivity index (χ1) is 9.31. The molecular weight excluding hydrogens is 262 g/mol. The minimum atomic E-state index is -1.22. The lowest BCUT2D eigenvalue weighted by atomic mass is 9.89. The zero-order chi connectivity index (χ0) is 15.2. The molecule has 0 unspecified atom stereocenters. The molecule has 0 saturated carbocycles. The molecule has 1 aromatic rings. The Labute approximate surface area is 116 Å². The highest BCUT2D eigenvalue weighted by Crippen LogP contribution is 2.19. The highest BCUT2D eigenvalue weighted by Gasteiger charge is 2.30. The largest absolute Gasteiger partial charge is 0.481 e. The molecule has 7 nitrogen and oxygen atoms in total. The zero-order valence-corrected chi connectivity index (χ0v) is 11.3. The number of nitrogens with one attached hydrogen (secondary N) is 2. The summed E-state index contributed by atoms with van der Waals surface area (Å²) in [6.07, 6.45) is 1.31. The van der Waals surface area contributed by atoms with Gasteiger partial charge in [-0.05, 0) is 26.0 Å². The maximum Gasteiger partial charge on any atom is 0.321 e. The highest BCUT2D eigenvalue weighted by atomic mass is 16.4. The second-order valence-electron chi connectivity index (χ2n) is 4.92. The van der Waals surface area contributed by atoms with Crippen LogP contribution in [0.1, 0.15) is 26.0 Å². The Balaban J connectivity index is 2.39. The fraction of sp³-hybridized carbons (Fsp3) is 0.385. The summed E-state index contributed by atoms with van der Waals surface area (Å²) in [5.74, 6) is -1.74. The molecule has 1 aromatic heterocycles. The number of imide groups is 1. The van der Waals surface area contributed by atoms with Crippen LogP contribution in [0.3, 0.4) is 0 Å². The van der Waals surface area contributed by atoms with Crippen molar-refractivity contribution in [3.05, 3.63) is 30.1 Å². The van der Waals surface area contributed by atoms with Crippen molar-refractivity contribution >= 4 is 17.9 Å². The fourth-order valence-electron chi connectivity index (χ4n) is 1.37. The lowest BCUT2D eigenvalue weighted by Gasteiger charge is -2.17. The minimum Gasteiger partial charge on any atom is -0.481 e. The van der Waals surface area contributed by atoms with Crippen LogP contribution in [0, 0.1) is 5.41 Å². The van der Waals surface area contributed by atoms with E-state index >= 15 is 0 Å². The number of rotatable bonds is 5. The average Bonchev–Trinajstić information content (AvgIpc) is 2.36. The van der Waals surface area contributed by atoms with Gasteiger partial charge in [-0.3, -0.25) is 19.9 Å². The van der Waals surface area contributed by atoms with Crippen molar-refractivity contribution in [2.45, 2.75) is 26.8 Å². The maximum atomic E-state index is 11.5. The van der Waals surface area contributed by atoms with E-state index in [0.717, 1.165) is 0 Å². The number of carbonyl (C=O) groups is 3. The van der Waals surface area contributed by atoms with Crippen LogP contribution in [-0.4, -0.2) is 28.0 Å². The smallest absolute Gasteiger partial charge is 0.321 e. The van der Waals surface area contributed by atoms with E-state index in [1.165, 1.54) is 13.8 Å². The van der Waals surface area contributed by atoms with Gasteiger partial charge < -0.3 is 10.4 Å². The standard InChI is InChI=1S/C13H17N3O4/c1-13(2,11(18)19)7-10(17)16-12(20)15-8-9-5-3-4-6-14-9/h3-6H,7-8H2,1-2H3,(H,18,19)(H2,15,16,17,20). The summed E-state index contributed by atoms with van der Waals surface area (Å²) in [6.45, 7) is 3.02. The van der Waals surface area contributed by atoms with Gasteiger partial charge >= 0.3 is 12.0 Å². The van der Waals surface area contributed by atoms with E-state index in [-0.39, 0.29) is 13.0 Å². The summed E-state index contributed by atoms with van der Waals surface area (Å²) in [4.78, 5) is 37.9. The molecule has 0 spiro atoms. The van der Waals surface area contributed by atoms with Crippen LogP contribution in [0.4, 0.5) is 4.79 Å². The second-order valence-corrected chi connectivity index (χ2v) is 4.92. The predicted molar refractivity (Wildman–Crippen MR) is 70.6 cm³/mol. The van der Waals surface area contributed by atoms with Crippen LogP contribution < -0.4 is 10.6 Å². The summed E-state index contributed by atoms with van der Waals surface area (Å²) in [6, 6.07) is 4.58. The number of aliphatic carboxylic acids is 1. The quantitative estimate of drug-likeness (QED) is 0.742. The van der Waals surface area contributed by atoms with Gasteiger partial charge in [0.2, 0.25) is 5.91 Å². The Morgan fingerprint density at radius 2 is 2.00 bits per heavy atom. The molecule has 1 heterocycles. The Morgan fingerprint density at radius 3 is 2.55 bits per heavy atom. The Hall–Kier alpha value is -2.44. The number of hydrogen-bond donors (Lipinski definition) is 3. The van der Waals surface area contributed by atoms with Gasteiger partial charge in [-0.15, -0.1) is 0 Å². The fourth-order valence-corrected chi connectivity index (χ4v) is 1.37. The van der Waals surface area contributed by atoms with Gasteiger partial charge in [0.1, 0.15) is 0 Å². The topological polar surface area (TPSA) is 108 Å². The number of amides is 3.